The molecule has 0 aromatic carbocycles. The van der Waals surface area contributed by atoms with Crippen LogP contribution in [0.2, 0.25) is 0 Å². The summed E-state index contributed by atoms with van der Waals surface area (Å²) in [6, 6.07) is 0. The van der Waals surface area contributed by atoms with Gasteiger partial charge in [-0.1, -0.05) is 123 Å². The Morgan fingerprint density at radius 2 is 1.00 bits per heavy atom. The van der Waals surface area contributed by atoms with Gasteiger partial charge >= 0.3 is 92.3 Å². The van der Waals surface area contributed by atoms with Gasteiger partial charge in [0.2, 0.25) is 0 Å². The third-order valence-corrected chi connectivity index (χ3v) is 6.83. The second kappa shape index (κ2) is 54.5. The van der Waals surface area contributed by atoms with Gasteiger partial charge in [-0.25, -0.2) is 18.6 Å². The van der Waals surface area contributed by atoms with Gasteiger partial charge in [-0.2, -0.15) is 6.42 Å². The molecule has 0 aliphatic heterocycles. The van der Waals surface area contributed by atoms with Crippen LogP contribution in [0.5, 0.6) is 0 Å². The molecule has 15 heteroatoms. The molecule has 1 N–H and O–H groups in total. The van der Waals surface area contributed by atoms with Gasteiger partial charge in [0.25, 0.3) is 0 Å². The summed E-state index contributed by atoms with van der Waals surface area (Å²) < 4.78 is 59.9. The van der Waals surface area contributed by atoms with Gasteiger partial charge in [0.1, 0.15) is 0 Å². The van der Waals surface area contributed by atoms with Gasteiger partial charge in [-0.3, -0.25) is 9.59 Å². The predicted octanol–water partition coefficient (Wildman–Crippen LogP) is 1.66. The number of ether oxygens (including phenoxy) is 2. The Kier molecular flexibility index (Phi) is 67.7. The second-order valence-electron chi connectivity index (χ2n) is 11.0. The molecule has 0 radical (unpaired) electrons. The Hall–Kier alpha value is -0.250. The fraction of sp³-hybridized carbons (Fsp3) is 0.824. The number of esters is 2. The minimum Gasteiger partial charge on any atom is -0.469 e. The van der Waals surface area contributed by atoms with Crippen molar-refractivity contribution in [2.24, 2.45) is 0 Å². The first-order valence-electron chi connectivity index (χ1n) is 17.1. The van der Waals surface area contributed by atoms with E-state index in [-0.39, 0.29) is 77.2 Å². The van der Waals surface area contributed by atoms with Crippen LogP contribution < -0.4 is 59.1 Å². The zero-order chi connectivity index (χ0) is 36.4. The third-order valence-electron chi connectivity index (χ3n) is 6.83. The van der Waals surface area contributed by atoms with Gasteiger partial charge in [-0.05, 0) is 12.8 Å². The molecule has 280 valence electrons. The van der Waals surface area contributed by atoms with Gasteiger partial charge in [-0.15, -0.1) is 38.1 Å². The van der Waals surface area contributed by atoms with Crippen LogP contribution >= 0.6 is 0 Å². The van der Waals surface area contributed by atoms with Crippen molar-refractivity contribution < 1.29 is 109 Å². The maximum Gasteiger partial charge on any atom is 1.00 e. The summed E-state index contributed by atoms with van der Waals surface area (Å²) in [4.78, 5) is 21.8. The normalized spacial score (nSPS) is 10.2. The fourth-order valence-electron chi connectivity index (χ4n) is 4.22. The van der Waals surface area contributed by atoms with Crippen molar-refractivity contribution in [3.05, 3.63) is 25.0 Å². The third kappa shape index (κ3) is 78.2. The van der Waals surface area contributed by atoms with Gasteiger partial charge in [0.15, 0.2) is 0 Å². The summed E-state index contributed by atoms with van der Waals surface area (Å²) in [7, 11) is -3.34. The monoisotopic (exact) mass is 758 g/mol. The Labute approximate surface area is 345 Å². The number of carbonyl (C=O) groups excluding carboxylic acids is 2. The van der Waals surface area contributed by atoms with Crippen LogP contribution in [0.1, 0.15) is 162 Å². The van der Waals surface area contributed by atoms with E-state index < -0.39 is 21.2 Å². The van der Waals surface area contributed by atoms with Crippen molar-refractivity contribution in [3.8, 4) is 0 Å². The molecule has 0 heterocycles. The van der Waals surface area contributed by atoms with Crippen LogP contribution in [0.15, 0.2) is 12.2 Å². The average Bonchev–Trinajstić information content (AvgIpc) is 3.02. The van der Waals surface area contributed by atoms with Crippen LogP contribution in [0.25, 0.3) is 0 Å². The van der Waals surface area contributed by atoms with E-state index in [1.165, 1.54) is 84.8 Å². The molecule has 0 aliphatic rings. The number of carbonyl (C=O) groups is 2. The van der Waals surface area contributed by atoms with E-state index in [1.54, 1.807) is 0 Å². The summed E-state index contributed by atoms with van der Waals surface area (Å²) in [5.41, 5.74) is 0. The molecule has 0 amide bonds. The minimum atomic E-state index is -3.11. The number of aliphatic hydroxyl groups is 1. The predicted molar refractivity (Wildman–Crippen MR) is 185 cm³/mol. The molecule has 1 atom stereocenters. The summed E-state index contributed by atoms with van der Waals surface area (Å²) in [6.45, 7) is 4.46. The molecule has 0 spiro atoms. The molecule has 0 aromatic heterocycles. The molecule has 11 nitrogen and oxygen atoms in total. The van der Waals surface area contributed by atoms with Gasteiger partial charge in [0, 0.05) is 12.8 Å². The summed E-state index contributed by atoms with van der Waals surface area (Å²) in [6.07, 6.45) is 34.3. The second-order valence-corrected chi connectivity index (χ2v) is 11.8. The molecule has 0 bridgehead atoms. The number of hydrogen-bond donors (Lipinski definition) is 1. The first-order valence-corrected chi connectivity index (χ1v) is 19.1. The summed E-state index contributed by atoms with van der Waals surface area (Å²) in [5.74, 6) is -0.198. The van der Waals surface area contributed by atoms with E-state index >= 15 is 0 Å². The van der Waals surface area contributed by atoms with Crippen molar-refractivity contribution in [1.29, 1.82) is 0 Å². The molecule has 49 heavy (non-hydrogen) atoms. The van der Waals surface area contributed by atoms with Crippen LogP contribution in [0.3, 0.4) is 0 Å². The topological polar surface area (TPSA) is 175 Å². The van der Waals surface area contributed by atoms with Crippen LogP contribution in [-0.4, -0.2) is 62.6 Å². The Balaban J connectivity index is -0.000000149. The Morgan fingerprint density at radius 1 is 0.612 bits per heavy atom. The summed E-state index contributed by atoms with van der Waals surface area (Å²) in [5, 5.41) is 9.80. The van der Waals surface area contributed by atoms with Crippen LogP contribution in [-0.2, 0) is 40.3 Å². The number of rotatable bonds is 27. The quantitative estimate of drug-likeness (QED) is 0.0559. The SMILES string of the molecule is CCCCCC[CH-]/C=C/CCCCCCC(=O)OC.CCCCCC[CH-]C(O)CCCCCCCC(=O)OC.O=S(=O)=O.O=S(=O)=O.[Na+].[Na+]. The standard InChI is InChI=1S/C17H33O3.C17H31O2.2Na.2O3S/c1-3-4-5-7-10-13-16(18)14-11-8-6-9-12-15-17(19)20-2;1-3-4-5-6-7-8-9-10-11-12-13-14-15-16-17(18)19-2;;;2*1-4(2)3/h13,16,18H,3-12,14-15H2,1-2H3;8-10H,3-7,11-16H2,1-2H3;;;;/q2*-1;2*+1;;/b;10-9+;;;;. The number of hydrogen-bond acceptors (Lipinski definition) is 11. The minimum absolute atomic E-state index is 0. The molecular weight excluding hydrogens is 694 g/mol. The number of methoxy groups -OCH3 is 2. The molecule has 0 rings (SSSR count). The zero-order valence-electron chi connectivity index (χ0n) is 31.5. The Bertz CT molecular complexity index is 888. The largest absolute Gasteiger partial charge is 1.00 e. The molecule has 0 saturated heterocycles. The van der Waals surface area contributed by atoms with Crippen molar-refractivity contribution in [2.45, 2.75) is 168 Å². The van der Waals surface area contributed by atoms with E-state index in [0.717, 1.165) is 64.2 Å². The maximum absolute atomic E-state index is 10.9. The van der Waals surface area contributed by atoms with Gasteiger partial charge < -0.3 is 21.0 Å². The molecule has 1 unspecified atom stereocenters. The van der Waals surface area contributed by atoms with Crippen molar-refractivity contribution in [1.82, 2.24) is 0 Å². The first kappa shape index (κ1) is 60.8. The van der Waals surface area contributed by atoms with Crippen LogP contribution in [0, 0.1) is 12.8 Å². The molecule has 0 saturated carbocycles. The van der Waals surface area contributed by atoms with E-state index in [0.29, 0.717) is 12.8 Å². The van der Waals surface area contributed by atoms with E-state index in [2.05, 4.69) is 48.3 Å². The molecule has 0 aromatic rings. The number of allylic oxidation sites excluding steroid dienone is 2. The first-order chi connectivity index (χ1) is 22.5. The Morgan fingerprint density at radius 3 is 1.45 bits per heavy atom. The summed E-state index contributed by atoms with van der Waals surface area (Å²) >= 11 is 0. The van der Waals surface area contributed by atoms with Crippen LogP contribution in [0.4, 0.5) is 0 Å². The fourth-order valence-corrected chi connectivity index (χ4v) is 4.22. The van der Waals surface area contributed by atoms with E-state index in [4.69, 9.17) is 25.3 Å². The van der Waals surface area contributed by atoms with Gasteiger partial charge in [0.05, 0.1) is 14.2 Å². The van der Waals surface area contributed by atoms with Crippen molar-refractivity contribution in [2.75, 3.05) is 14.2 Å². The number of aliphatic hydroxyl groups excluding tert-OH is 1. The zero-order valence-corrected chi connectivity index (χ0v) is 37.1. The van der Waals surface area contributed by atoms with E-state index in [9.17, 15) is 14.7 Å². The smallest absolute Gasteiger partial charge is 0.469 e. The molecule has 0 aliphatic carbocycles. The molecular formula is C34H64Na2O11S2. The number of unbranched alkanes of at least 4 members (excludes halogenated alkanes) is 17. The molecule has 0 fully saturated rings. The van der Waals surface area contributed by atoms with E-state index in [1.807, 2.05) is 0 Å². The van der Waals surface area contributed by atoms with Crippen molar-refractivity contribution in [3.63, 3.8) is 0 Å². The van der Waals surface area contributed by atoms with Crippen molar-refractivity contribution >= 4 is 33.2 Å². The average molecular weight is 759 g/mol. The maximum atomic E-state index is 10.9.